The molecule has 2 amide bonds. The Kier molecular flexibility index (Phi) is 413. The van der Waals surface area contributed by atoms with Gasteiger partial charge < -0.3 is 116 Å². The van der Waals surface area contributed by atoms with Crippen LogP contribution < -0.4 is 51.4 Å². The Bertz CT molecular complexity index is 957. The summed E-state index contributed by atoms with van der Waals surface area (Å²) in [4.78, 5) is 66.0. The largest absolute Gasteiger partial charge is 0.493 e. The fourth-order valence-corrected chi connectivity index (χ4v) is 2.24. The molecule has 26 N–H and O–H groups in total. The molecule has 1 aromatic rings. The van der Waals surface area contributed by atoms with Crippen LogP contribution in [0.15, 0.2) is 37.0 Å². The molecule has 0 unspecified atom stereocenters. The molecule has 1 atom stereocenters. The predicted molar refractivity (Wildman–Crippen MR) is 345 cm³/mol. The van der Waals surface area contributed by atoms with Gasteiger partial charge in [-0.2, -0.15) is 0 Å². The molecule has 0 aromatic heterocycles. The van der Waals surface area contributed by atoms with Crippen LogP contribution in [0.3, 0.4) is 0 Å². The van der Waals surface area contributed by atoms with E-state index in [0.717, 1.165) is 30.8 Å². The van der Waals surface area contributed by atoms with Crippen LogP contribution in [0.4, 0.5) is 4.79 Å². The molecular weight excluding hydrogens is 1010 g/mol. The number of rotatable bonds is 13. The number of ether oxygens (including phenoxy) is 4. The Morgan fingerprint density at radius 3 is 1.10 bits per heavy atom. The van der Waals surface area contributed by atoms with E-state index >= 15 is 0 Å². The predicted octanol–water partition coefficient (Wildman–Crippen LogP) is 9.07. The molecule has 24 nitrogen and oxygen atoms in total. The minimum atomic E-state index is -0.237. The number of carbonyl (C=O) groups is 7. The summed E-state index contributed by atoms with van der Waals surface area (Å²) in [5.41, 5.74) is 10.6. The second-order valence-corrected chi connectivity index (χ2v) is 13.1. The van der Waals surface area contributed by atoms with Gasteiger partial charge in [0, 0.05) is 67.3 Å². The highest BCUT2D eigenvalue weighted by Crippen LogP contribution is 2.11. The Morgan fingerprint density at radius 2 is 0.962 bits per heavy atom. The molecule has 0 fully saturated rings. The maximum absolute atomic E-state index is 11.2. The summed E-state index contributed by atoms with van der Waals surface area (Å²) in [5.74, 6) is 2.35. The summed E-state index contributed by atoms with van der Waals surface area (Å²) in [6.07, 6.45) is 7.32. The molecular formula is C54H145N9O15. The van der Waals surface area contributed by atoms with Crippen molar-refractivity contribution in [3.63, 3.8) is 0 Å². The van der Waals surface area contributed by atoms with Gasteiger partial charge in [-0.25, -0.2) is 4.79 Å². The first-order valence-electron chi connectivity index (χ1n) is 22.6. The third-order valence-corrected chi connectivity index (χ3v) is 5.60. The normalized spacial score (nSPS) is 6.87. The molecule has 0 saturated carbocycles. The molecule has 78 heavy (non-hydrogen) atoms. The third kappa shape index (κ3) is 300. The lowest BCUT2D eigenvalue weighted by molar-refractivity contribution is -0.118. The highest BCUT2D eigenvalue weighted by Gasteiger charge is 2.18. The summed E-state index contributed by atoms with van der Waals surface area (Å²) >= 11 is 0. The van der Waals surface area contributed by atoms with E-state index in [1.54, 1.807) is 46.6 Å². The number of nitrogens with two attached hydrogens (primary N) is 2. The van der Waals surface area contributed by atoms with Crippen LogP contribution in [-0.2, 0) is 43.0 Å². The van der Waals surface area contributed by atoms with Crippen LogP contribution in [0, 0.1) is 24.7 Å². The van der Waals surface area contributed by atoms with E-state index in [9.17, 15) is 19.2 Å². The highest BCUT2D eigenvalue weighted by molar-refractivity contribution is 5.73. The summed E-state index contributed by atoms with van der Waals surface area (Å²) < 4.78 is 18.6. The molecule has 0 spiro atoms. The van der Waals surface area contributed by atoms with Gasteiger partial charge in [0.1, 0.15) is 38.7 Å². The zero-order valence-electron chi connectivity index (χ0n) is 52.8. The number of aldehydes is 2. The van der Waals surface area contributed by atoms with Crippen molar-refractivity contribution in [1.29, 1.82) is 0 Å². The number of hydrogen-bond donors (Lipinski definition) is 8. The average Bonchev–Trinajstić information content (AvgIpc) is 3.32. The smallest absolute Gasteiger partial charge is 0.409 e. The van der Waals surface area contributed by atoms with Crippen molar-refractivity contribution >= 4 is 44.9 Å². The van der Waals surface area contributed by atoms with Gasteiger partial charge in [-0.1, -0.05) is 142 Å². The fraction of sp³-hybridized carbons (Fsp3) is 0.722. The van der Waals surface area contributed by atoms with Crippen molar-refractivity contribution in [1.82, 2.24) is 40.1 Å². The zero-order valence-corrected chi connectivity index (χ0v) is 52.8. The van der Waals surface area contributed by atoms with Gasteiger partial charge >= 0.3 is 6.09 Å². The van der Waals surface area contributed by atoms with Crippen molar-refractivity contribution in [2.24, 2.45) is 29.2 Å². The van der Waals surface area contributed by atoms with Crippen molar-refractivity contribution in [3.8, 4) is 5.75 Å². The number of aryl methyl sites for hydroxylation is 1. The van der Waals surface area contributed by atoms with Crippen LogP contribution in [0.5, 0.6) is 5.75 Å². The quantitative estimate of drug-likeness (QED) is 0.0674. The summed E-state index contributed by atoms with van der Waals surface area (Å²) in [6, 6.07) is 8.00. The number of benzene rings is 1. The maximum Gasteiger partial charge on any atom is 0.409 e. The van der Waals surface area contributed by atoms with Gasteiger partial charge in [-0.3, -0.25) is 4.79 Å². The van der Waals surface area contributed by atoms with Crippen molar-refractivity contribution in [2.45, 2.75) is 171 Å². The fourth-order valence-electron chi connectivity index (χ4n) is 2.24. The lowest BCUT2D eigenvalue weighted by atomic mass is 10.1. The number of methoxy groups -OCH3 is 2. The van der Waals surface area contributed by atoms with Gasteiger partial charge in [0.2, 0.25) is 5.91 Å². The average molecular weight is 1160 g/mol. The van der Waals surface area contributed by atoms with E-state index in [1.165, 1.54) is 25.5 Å². The second-order valence-electron chi connectivity index (χ2n) is 13.1. The lowest BCUT2D eigenvalue weighted by Crippen LogP contribution is -2.38. The number of primary amides is 1. The number of amides is 2. The molecule has 0 heterocycles. The van der Waals surface area contributed by atoms with Crippen molar-refractivity contribution in [2.75, 3.05) is 76.4 Å². The van der Waals surface area contributed by atoms with Crippen LogP contribution in [-0.4, -0.2) is 154 Å². The minimum absolute atomic E-state index is 0. The number of hydrogen-bond acceptors (Lipinski definition) is 18. The van der Waals surface area contributed by atoms with E-state index in [4.69, 9.17) is 29.6 Å². The Balaban J connectivity index is -0.0000000174. The summed E-state index contributed by atoms with van der Waals surface area (Å²) in [6.45, 7) is 44.0. The van der Waals surface area contributed by atoms with Crippen molar-refractivity contribution < 1.29 is 74.4 Å². The van der Waals surface area contributed by atoms with E-state index < -0.39 is 0 Å². The maximum atomic E-state index is 11.2. The molecule has 24 heteroatoms. The third-order valence-electron chi connectivity index (χ3n) is 5.60. The Labute approximate surface area is 483 Å². The van der Waals surface area contributed by atoms with Gasteiger partial charge in [0.05, 0.1) is 13.2 Å². The summed E-state index contributed by atoms with van der Waals surface area (Å²) in [7, 11) is 13.5. The van der Waals surface area contributed by atoms with Gasteiger partial charge in [-0.15, -0.1) is 0 Å². The lowest BCUT2D eigenvalue weighted by Gasteiger charge is -2.26. The summed E-state index contributed by atoms with van der Waals surface area (Å²) in [5, 5.41) is 5.62. The van der Waals surface area contributed by atoms with Gasteiger partial charge in [-0.05, 0) is 84.9 Å². The molecule has 0 saturated heterocycles. The molecule has 0 radical (unpaired) electrons. The van der Waals surface area contributed by atoms with Crippen molar-refractivity contribution in [3.05, 3.63) is 42.6 Å². The monoisotopic (exact) mass is 1160 g/mol. The van der Waals surface area contributed by atoms with E-state index in [-0.39, 0.29) is 86.8 Å². The first kappa shape index (κ1) is 164. The zero-order chi connectivity index (χ0) is 57.0. The van der Waals surface area contributed by atoms with E-state index in [2.05, 4.69) is 80.9 Å². The SMILES string of the molecule is C.C.C.C=CNCC.C=O.C=O.C=O.CC.CC(C)CC(N)=O.CCC.CCC(C)C.CCC=O.CCOC(=O)N(C)[C@H](C)C(C)C.CN.CNC.COC.COC.Cc1ccc(OCCC=O)cc1.N.N.N.N.O.O.O.O. The Morgan fingerprint density at radius 1 is 0.679 bits per heavy atom. The van der Waals surface area contributed by atoms with Crippen LogP contribution >= 0.6 is 0 Å². The number of nitrogens with one attached hydrogen (secondary N) is 2. The van der Waals surface area contributed by atoms with E-state index in [1.807, 2.05) is 121 Å². The van der Waals surface area contributed by atoms with E-state index in [0.29, 0.717) is 44.3 Å². The number of carbonyl (C=O) groups excluding carboxylic acids is 7. The second kappa shape index (κ2) is 196. The molecule has 0 aliphatic carbocycles. The van der Waals surface area contributed by atoms with Gasteiger partial charge in [0.15, 0.2) is 0 Å². The number of nitrogens with zero attached hydrogens (tertiary/aromatic N) is 1. The van der Waals surface area contributed by atoms with Gasteiger partial charge in [0.25, 0.3) is 0 Å². The first-order chi connectivity index (χ1) is 31.7. The van der Waals surface area contributed by atoms with Crippen LogP contribution in [0.25, 0.3) is 0 Å². The molecule has 0 aliphatic heterocycles. The first-order valence-corrected chi connectivity index (χ1v) is 22.6. The van der Waals surface area contributed by atoms with Crippen LogP contribution in [0.1, 0.15) is 164 Å². The van der Waals surface area contributed by atoms with Crippen LogP contribution in [0.2, 0.25) is 0 Å². The Hall–Kier alpha value is -4.83. The minimum Gasteiger partial charge on any atom is -0.493 e. The molecule has 496 valence electrons. The molecule has 0 aliphatic rings. The molecule has 0 bridgehead atoms. The topological polar surface area (TPSA) is 502 Å². The standard InChI is InChI=1S/C10H12O2.C9H19NO2.C5H11NO.C5H12.C4H9N.C3H6O.C3H8.C2H7N.2C2H6O.C2H6.CH5N.3CH2O.3CH4.4H3N.4H2O/c1-9-3-5-10(6-4-9)12-8-2-7-11;1-6-12-9(11)10(5)8(4)7(2)3;1-4(2)3-5(6)7;1-4-5(2)3;1-3-5-4-2;1-2-3-4;4*1-3-2;5*1-2;;;;;;;;;;;/h3-7H,2,8H2,1H3;7-8H,6H2,1-5H3;4H,3H2,1-2H3,(H2,6,7);5H,4H2,1-3H3;3,5H,1,4H2,2H3;3H,2H2,1H3;3H2,1-2H3;3H,1-2H3;2*1-2H3;1-2H3;2H2,1H3;3*1H2;3*1H4;4*1H3;4*1H2/t;8-;;;;;;;;;;;;;;;;;;;;;;;;/m.1......................../s1. The highest BCUT2D eigenvalue weighted by atomic mass is 16.6. The molecule has 1 rings (SSSR count). The molecule has 1 aromatic carbocycles.